The van der Waals surface area contributed by atoms with Crippen molar-refractivity contribution >= 4 is 47.4 Å². The third kappa shape index (κ3) is 7.64. The summed E-state index contributed by atoms with van der Waals surface area (Å²) in [6.07, 6.45) is 7.04. The van der Waals surface area contributed by atoms with E-state index in [0.29, 0.717) is 0 Å². The Kier molecular flexibility index (Phi) is 11.4. The van der Waals surface area contributed by atoms with E-state index < -0.39 is 0 Å². The van der Waals surface area contributed by atoms with Gasteiger partial charge in [-0.05, 0) is 61.8 Å². The van der Waals surface area contributed by atoms with Crippen LogP contribution in [0.25, 0.3) is 0 Å². The van der Waals surface area contributed by atoms with E-state index in [0.717, 1.165) is 32.1 Å². The minimum Gasteiger partial charge on any atom is -0.374 e. The molecule has 6 heteroatoms. The van der Waals surface area contributed by atoms with Crippen molar-refractivity contribution in [3.05, 3.63) is 29.3 Å². The number of guanidine groups is 1. The van der Waals surface area contributed by atoms with Gasteiger partial charge in [-0.1, -0.05) is 12.1 Å². The molecule has 0 atom stereocenters. The number of rotatable bonds is 8. The molecule has 1 aromatic carbocycles. The Morgan fingerprint density at radius 3 is 2.88 bits per heavy atom. The zero-order valence-corrected chi connectivity index (χ0v) is 19.0. The molecular formula is C19H33IN4S. The average molecular weight is 476 g/mol. The Morgan fingerprint density at radius 1 is 1.28 bits per heavy atom. The molecule has 1 heterocycles. The molecule has 0 bridgehead atoms. The SMILES string of the molecule is CCNC(=NCc1ccc2c(c1)CCCN2C)NCCCCSC.I. The van der Waals surface area contributed by atoms with Gasteiger partial charge in [0.25, 0.3) is 0 Å². The van der Waals surface area contributed by atoms with Crippen LogP contribution in [0.3, 0.4) is 0 Å². The molecule has 0 aromatic heterocycles. The summed E-state index contributed by atoms with van der Waals surface area (Å²) in [5.74, 6) is 2.16. The van der Waals surface area contributed by atoms with Crippen LogP contribution < -0.4 is 15.5 Å². The van der Waals surface area contributed by atoms with E-state index in [2.05, 4.69) is 54.0 Å². The van der Waals surface area contributed by atoms with Gasteiger partial charge in [0.2, 0.25) is 0 Å². The molecule has 0 unspecified atom stereocenters. The molecule has 1 aliphatic rings. The van der Waals surface area contributed by atoms with Crippen molar-refractivity contribution in [1.29, 1.82) is 0 Å². The zero-order chi connectivity index (χ0) is 17.2. The smallest absolute Gasteiger partial charge is 0.191 e. The van der Waals surface area contributed by atoms with Crippen LogP contribution in [-0.2, 0) is 13.0 Å². The van der Waals surface area contributed by atoms with Gasteiger partial charge in [0.15, 0.2) is 5.96 Å². The molecule has 25 heavy (non-hydrogen) atoms. The molecule has 142 valence electrons. The van der Waals surface area contributed by atoms with Crippen molar-refractivity contribution < 1.29 is 0 Å². The summed E-state index contributed by atoms with van der Waals surface area (Å²) >= 11 is 1.91. The molecule has 1 aromatic rings. The van der Waals surface area contributed by atoms with E-state index in [1.165, 1.54) is 48.3 Å². The first-order valence-corrected chi connectivity index (χ1v) is 10.5. The number of aryl methyl sites for hydroxylation is 1. The van der Waals surface area contributed by atoms with Gasteiger partial charge >= 0.3 is 0 Å². The van der Waals surface area contributed by atoms with Crippen molar-refractivity contribution in [3.63, 3.8) is 0 Å². The Bertz CT molecular complexity index is 536. The van der Waals surface area contributed by atoms with Crippen molar-refractivity contribution in [2.24, 2.45) is 4.99 Å². The highest BCUT2D eigenvalue weighted by molar-refractivity contribution is 14.0. The highest BCUT2D eigenvalue weighted by Crippen LogP contribution is 2.26. The predicted octanol–water partition coefficient (Wildman–Crippen LogP) is 3.89. The Hall–Kier alpha value is -0.630. The molecule has 0 saturated heterocycles. The predicted molar refractivity (Wildman–Crippen MR) is 124 cm³/mol. The first-order chi connectivity index (χ1) is 11.7. The van der Waals surface area contributed by atoms with Gasteiger partial charge in [0.1, 0.15) is 0 Å². The molecular weight excluding hydrogens is 443 g/mol. The molecule has 2 N–H and O–H groups in total. The number of halogens is 1. The number of hydrogen-bond acceptors (Lipinski definition) is 3. The van der Waals surface area contributed by atoms with E-state index in [4.69, 9.17) is 4.99 Å². The topological polar surface area (TPSA) is 39.7 Å². The van der Waals surface area contributed by atoms with Crippen LogP contribution in [0.4, 0.5) is 5.69 Å². The molecule has 0 saturated carbocycles. The normalized spacial score (nSPS) is 13.9. The van der Waals surface area contributed by atoms with Crippen LogP contribution in [0.5, 0.6) is 0 Å². The van der Waals surface area contributed by atoms with Crippen molar-refractivity contribution in [2.45, 2.75) is 39.2 Å². The molecule has 2 rings (SSSR count). The number of thioether (sulfide) groups is 1. The Labute approximate surface area is 174 Å². The number of hydrogen-bond donors (Lipinski definition) is 2. The lowest BCUT2D eigenvalue weighted by Crippen LogP contribution is -2.37. The van der Waals surface area contributed by atoms with Crippen molar-refractivity contribution in [2.75, 3.05) is 43.6 Å². The molecule has 0 spiro atoms. The third-order valence-electron chi connectivity index (χ3n) is 4.33. The van der Waals surface area contributed by atoms with Crippen LogP contribution in [-0.4, -0.2) is 44.7 Å². The molecule has 0 amide bonds. The minimum atomic E-state index is 0. The summed E-state index contributed by atoms with van der Waals surface area (Å²) in [4.78, 5) is 7.10. The second-order valence-corrected chi connectivity index (χ2v) is 7.30. The Morgan fingerprint density at radius 2 is 2.12 bits per heavy atom. The Balaban J connectivity index is 0.00000312. The van der Waals surface area contributed by atoms with E-state index in [-0.39, 0.29) is 24.0 Å². The number of benzene rings is 1. The fraction of sp³-hybridized carbons (Fsp3) is 0.632. The average Bonchev–Trinajstić information content (AvgIpc) is 2.59. The number of nitrogens with one attached hydrogen (secondary N) is 2. The number of fused-ring (bicyclic) bond motifs is 1. The van der Waals surface area contributed by atoms with Crippen molar-refractivity contribution in [3.8, 4) is 0 Å². The first-order valence-electron chi connectivity index (χ1n) is 9.08. The highest BCUT2D eigenvalue weighted by Gasteiger charge is 2.13. The summed E-state index contributed by atoms with van der Waals surface area (Å²) in [6.45, 7) is 5.89. The lowest BCUT2D eigenvalue weighted by molar-refractivity contribution is 0.733. The summed E-state index contributed by atoms with van der Waals surface area (Å²) in [5, 5.41) is 6.78. The maximum absolute atomic E-state index is 4.75. The summed E-state index contributed by atoms with van der Waals surface area (Å²) in [5.41, 5.74) is 4.14. The maximum atomic E-state index is 4.75. The van der Waals surface area contributed by atoms with E-state index in [1.54, 1.807) is 0 Å². The number of aliphatic imine (C=N–C) groups is 1. The zero-order valence-electron chi connectivity index (χ0n) is 15.8. The van der Waals surface area contributed by atoms with E-state index in [9.17, 15) is 0 Å². The number of nitrogens with zero attached hydrogens (tertiary/aromatic N) is 2. The third-order valence-corrected chi connectivity index (χ3v) is 5.02. The van der Waals surface area contributed by atoms with E-state index >= 15 is 0 Å². The second kappa shape index (κ2) is 12.7. The minimum absolute atomic E-state index is 0. The summed E-state index contributed by atoms with van der Waals surface area (Å²) < 4.78 is 0. The van der Waals surface area contributed by atoms with Crippen LogP contribution in [0.15, 0.2) is 23.2 Å². The molecule has 0 radical (unpaired) electrons. The maximum Gasteiger partial charge on any atom is 0.191 e. The molecule has 0 aliphatic carbocycles. The van der Waals surface area contributed by atoms with Gasteiger partial charge in [-0.15, -0.1) is 24.0 Å². The lowest BCUT2D eigenvalue weighted by Gasteiger charge is -2.27. The standard InChI is InChI=1S/C19H32N4S.HI/c1-4-20-19(21-11-5-6-13-24-3)22-15-16-9-10-18-17(14-16)8-7-12-23(18)2;/h9-10,14H,4-8,11-13,15H2,1-3H3,(H2,20,21,22);1H. The fourth-order valence-electron chi connectivity index (χ4n) is 3.03. The molecule has 4 nitrogen and oxygen atoms in total. The quantitative estimate of drug-likeness (QED) is 0.259. The van der Waals surface area contributed by atoms with Crippen LogP contribution in [0.2, 0.25) is 0 Å². The summed E-state index contributed by atoms with van der Waals surface area (Å²) in [7, 11) is 2.18. The van der Waals surface area contributed by atoms with Crippen molar-refractivity contribution in [1.82, 2.24) is 10.6 Å². The number of unbranched alkanes of at least 4 members (excludes halogenated alkanes) is 1. The highest BCUT2D eigenvalue weighted by atomic mass is 127. The lowest BCUT2D eigenvalue weighted by atomic mass is 10.00. The van der Waals surface area contributed by atoms with Gasteiger partial charge in [-0.2, -0.15) is 11.8 Å². The van der Waals surface area contributed by atoms with Gasteiger partial charge in [0, 0.05) is 32.4 Å². The van der Waals surface area contributed by atoms with Crippen LogP contribution in [0, 0.1) is 0 Å². The number of anilines is 1. The molecule has 0 fully saturated rings. The van der Waals surface area contributed by atoms with Gasteiger partial charge in [-0.25, -0.2) is 4.99 Å². The fourth-order valence-corrected chi connectivity index (χ4v) is 3.52. The van der Waals surface area contributed by atoms with Crippen LogP contribution in [0.1, 0.15) is 37.3 Å². The van der Waals surface area contributed by atoms with Crippen LogP contribution >= 0.6 is 35.7 Å². The van der Waals surface area contributed by atoms with E-state index in [1.807, 2.05) is 11.8 Å². The summed E-state index contributed by atoms with van der Waals surface area (Å²) in [6, 6.07) is 6.80. The first kappa shape index (κ1) is 22.4. The molecule has 1 aliphatic heterocycles. The van der Waals surface area contributed by atoms with Gasteiger partial charge < -0.3 is 15.5 Å². The van der Waals surface area contributed by atoms with Gasteiger partial charge in [-0.3, -0.25) is 0 Å². The second-order valence-electron chi connectivity index (χ2n) is 6.31. The largest absolute Gasteiger partial charge is 0.374 e. The monoisotopic (exact) mass is 476 g/mol. The van der Waals surface area contributed by atoms with Gasteiger partial charge in [0.05, 0.1) is 6.54 Å².